The SMILES string of the molecule is CCCCNC(=O)c1cccc2c1C(=O)N(CCC)C2. The summed E-state index contributed by atoms with van der Waals surface area (Å²) in [5.74, 6) is -0.148. The summed E-state index contributed by atoms with van der Waals surface area (Å²) in [7, 11) is 0. The maximum absolute atomic E-state index is 12.4. The second-order valence-electron chi connectivity index (χ2n) is 5.18. The number of hydrogen-bond donors (Lipinski definition) is 1. The van der Waals surface area contributed by atoms with E-state index in [1.165, 1.54) is 0 Å². The minimum atomic E-state index is -0.137. The van der Waals surface area contributed by atoms with Gasteiger partial charge >= 0.3 is 0 Å². The van der Waals surface area contributed by atoms with E-state index < -0.39 is 0 Å². The third kappa shape index (κ3) is 2.84. The van der Waals surface area contributed by atoms with Gasteiger partial charge in [-0.25, -0.2) is 0 Å². The van der Waals surface area contributed by atoms with Crippen molar-refractivity contribution in [3.63, 3.8) is 0 Å². The zero-order valence-corrected chi connectivity index (χ0v) is 12.2. The second kappa shape index (κ2) is 6.55. The topological polar surface area (TPSA) is 49.4 Å². The molecule has 1 N–H and O–H groups in total. The summed E-state index contributed by atoms with van der Waals surface area (Å²) in [6, 6.07) is 5.54. The summed E-state index contributed by atoms with van der Waals surface area (Å²) < 4.78 is 0. The number of amides is 2. The molecule has 0 saturated heterocycles. The van der Waals surface area contributed by atoms with Crippen molar-refractivity contribution in [1.29, 1.82) is 0 Å². The molecule has 4 nitrogen and oxygen atoms in total. The largest absolute Gasteiger partial charge is 0.352 e. The summed E-state index contributed by atoms with van der Waals surface area (Å²) in [4.78, 5) is 26.4. The molecule has 1 aromatic carbocycles. The van der Waals surface area contributed by atoms with Crippen LogP contribution >= 0.6 is 0 Å². The molecule has 0 unspecified atom stereocenters. The minimum absolute atomic E-state index is 0.0110. The number of nitrogens with zero attached hydrogens (tertiary/aromatic N) is 1. The Morgan fingerprint density at radius 2 is 2.10 bits per heavy atom. The predicted octanol–water partition coefficient (Wildman–Crippen LogP) is 2.58. The highest BCUT2D eigenvalue weighted by molar-refractivity contribution is 6.09. The number of carbonyl (C=O) groups is 2. The van der Waals surface area contributed by atoms with Crippen LogP contribution in [0.5, 0.6) is 0 Å². The van der Waals surface area contributed by atoms with Gasteiger partial charge in [0.25, 0.3) is 11.8 Å². The Hall–Kier alpha value is -1.84. The van der Waals surface area contributed by atoms with E-state index in [0.717, 1.165) is 31.4 Å². The molecule has 1 aliphatic heterocycles. The van der Waals surface area contributed by atoms with E-state index in [9.17, 15) is 9.59 Å². The predicted molar refractivity (Wildman–Crippen MR) is 78.7 cm³/mol. The first kappa shape index (κ1) is 14.6. The molecule has 0 fully saturated rings. The molecule has 2 rings (SSSR count). The summed E-state index contributed by atoms with van der Waals surface area (Å²) >= 11 is 0. The van der Waals surface area contributed by atoms with Gasteiger partial charge in [-0.05, 0) is 24.5 Å². The van der Waals surface area contributed by atoms with Crippen LogP contribution in [0.25, 0.3) is 0 Å². The molecular formula is C16H22N2O2. The number of rotatable bonds is 6. The van der Waals surface area contributed by atoms with Crippen molar-refractivity contribution < 1.29 is 9.59 Å². The van der Waals surface area contributed by atoms with Crippen LogP contribution in [0, 0.1) is 0 Å². The molecule has 2 amide bonds. The number of nitrogens with one attached hydrogen (secondary N) is 1. The van der Waals surface area contributed by atoms with Gasteiger partial charge in [-0.15, -0.1) is 0 Å². The number of fused-ring (bicyclic) bond motifs is 1. The first-order chi connectivity index (χ1) is 9.69. The molecule has 108 valence electrons. The average Bonchev–Trinajstić information content (AvgIpc) is 2.76. The lowest BCUT2D eigenvalue weighted by molar-refractivity contribution is 0.0773. The second-order valence-corrected chi connectivity index (χ2v) is 5.18. The van der Waals surface area contributed by atoms with Gasteiger partial charge in [0.15, 0.2) is 0 Å². The van der Waals surface area contributed by atoms with E-state index in [0.29, 0.717) is 24.2 Å². The highest BCUT2D eigenvalue weighted by atomic mass is 16.2. The zero-order chi connectivity index (χ0) is 14.5. The Morgan fingerprint density at radius 3 is 2.80 bits per heavy atom. The first-order valence-electron chi connectivity index (χ1n) is 7.38. The molecule has 1 heterocycles. The van der Waals surface area contributed by atoms with Crippen LogP contribution in [-0.4, -0.2) is 29.8 Å². The highest BCUT2D eigenvalue weighted by Gasteiger charge is 2.30. The van der Waals surface area contributed by atoms with Crippen LogP contribution in [-0.2, 0) is 6.54 Å². The maximum atomic E-state index is 12.4. The monoisotopic (exact) mass is 274 g/mol. The molecule has 0 bridgehead atoms. The Bertz CT molecular complexity index is 511. The highest BCUT2D eigenvalue weighted by Crippen LogP contribution is 2.26. The molecule has 0 atom stereocenters. The quantitative estimate of drug-likeness (QED) is 0.811. The van der Waals surface area contributed by atoms with Gasteiger partial charge in [-0.3, -0.25) is 9.59 Å². The first-order valence-corrected chi connectivity index (χ1v) is 7.38. The van der Waals surface area contributed by atoms with E-state index in [1.807, 2.05) is 17.0 Å². The molecular weight excluding hydrogens is 252 g/mol. The fourth-order valence-corrected chi connectivity index (χ4v) is 2.53. The maximum Gasteiger partial charge on any atom is 0.255 e. The van der Waals surface area contributed by atoms with Crippen molar-refractivity contribution in [3.8, 4) is 0 Å². The summed E-state index contributed by atoms with van der Waals surface area (Å²) in [6.07, 6.45) is 2.92. The molecule has 0 aromatic heterocycles. The van der Waals surface area contributed by atoms with Gasteiger partial charge in [0, 0.05) is 19.6 Å². The van der Waals surface area contributed by atoms with Crippen molar-refractivity contribution in [2.75, 3.05) is 13.1 Å². The van der Waals surface area contributed by atoms with Crippen molar-refractivity contribution >= 4 is 11.8 Å². The molecule has 0 aliphatic carbocycles. The van der Waals surface area contributed by atoms with E-state index in [-0.39, 0.29) is 11.8 Å². The smallest absolute Gasteiger partial charge is 0.255 e. The summed E-state index contributed by atoms with van der Waals surface area (Å²) in [6.45, 7) is 6.15. The molecule has 1 aromatic rings. The Morgan fingerprint density at radius 1 is 1.30 bits per heavy atom. The van der Waals surface area contributed by atoms with Crippen LogP contribution in [0.1, 0.15) is 59.4 Å². The Kier molecular flexibility index (Phi) is 4.77. The van der Waals surface area contributed by atoms with Crippen molar-refractivity contribution in [2.45, 2.75) is 39.7 Å². The Balaban J connectivity index is 2.20. The van der Waals surface area contributed by atoms with E-state index in [1.54, 1.807) is 6.07 Å². The number of carbonyl (C=O) groups excluding carboxylic acids is 2. The zero-order valence-electron chi connectivity index (χ0n) is 12.2. The van der Waals surface area contributed by atoms with E-state index >= 15 is 0 Å². The van der Waals surface area contributed by atoms with Gasteiger partial charge in [0.1, 0.15) is 0 Å². The fourth-order valence-electron chi connectivity index (χ4n) is 2.53. The lowest BCUT2D eigenvalue weighted by Crippen LogP contribution is -2.28. The van der Waals surface area contributed by atoms with Crippen LogP contribution in [0.15, 0.2) is 18.2 Å². The van der Waals surface area contributed by atoms with Crippen LogP contribution in [0.4, 0.5) is 0 Å². The van der Waals surface area contributed by atoms with Crippen molar-refractivity contribution in [1.82, 2.24) is 10.2 Å². The summed E-state index contributed by atoms with van der Waals surface area (Å²) in [5.41, 5.74) is 2.07. The number of benzene rings is 1. The third-order valence-electron chi connectivity index (χ3n) is 3.57. The minimum Gasteiger partial charge on any atom is -0.352 e. The van der Waals surface area contributed by atoms with Gasteiger partial charge in [-0.1, -0.05) is 32.4 Å². The third-order valence-corrected chi connectivity index (χ3v) is 3.57. The van der Waals surface area contributed by atoms with Gasteiger partial charge < -0.3 is 10.2 Å². The van der Waals surface area contributed by atoms with Crippen LogP contribution in [0.3, 0.4) is 0 Å². The number of hydrogen-bond acceptors (Lipinski definition) is 2. The lowest BCUT2D eigenvalue weighted by atomic mass is 10.0. The Labute approximate surface area is 120 Å². The van der Waals surface area contributed by atoms with Crippen LogP contribution < -0.4 is 5.32 Å². The van der Waals surface area contributed by atoms with E-state index in [4.69, 9.17) is 0 Å². The molecule has 0 spiro atoms. The molecule has 1 aliphatic rings. The van der Waals surface area contributed by atoms with Crippen LogP contribution in [0.2, 0.25) is 0 Å². The number of unbranched alkanes of at least 4 members (excludes halogenated alkanes) is 1. The fraction of sp³-hybridized carbons (Fsp3) is 0.500. The van der Waals surface area contributed by atoms with Gasteiger partial charge in [-0.2, -0.15) is 0 Å². The molecule has 20 heavy (non-hydrogen) atoms. The van der Waals surface area contributed by atoms with Crippen molar-refractivity contribution in [2.24, 2.45) is 0 Å². The molecule has 4 heteroatoms. The normalized spacial score (nSPS) is 13.5. The van der Waals surface area contributed by atoms with Crippen molar-refractivity contribution in [3.05, 3.63) is 34.9 Å². The molecule has 0 radical (unpaired) electrons. The van der Waals surface area contributed by atoms with Gasteiger partial charge in [0.05, 0.1) is 11.1 Å². The lowest BCUT2D eigenvalue weighted by Gasteiger charge is -2.13. The average molecular weight is 274 g/mol. The standard InChI is InChI=1S/C16H22N2O2/c1-3-5-9-17-15(19)13-8-6-7-12-11-18(10-4-2)16(20)14(12)13/h6-8H,3-5,9-11H2,1-2H3,(H,17,19). The summed E-state index contributed by atoms with van der Waals surface area (Å²) in [5, 5.41) is 2.89. The van der Waals surface area contributed by atoms with Gasteiger partial charge in [0.2, 0.25) is 0 Å². The van der Waals surface area contributed by atoms with E-state index in [2.05, 4.69) is 19.2 Å². The molecule has 0 saturated carbocycles.